The van der Waals surface area contributed by atoms with Crippen molar-refractivity contribution in [1.29, 1.82) is 0 Å². The second-order valence-electron chi connectivity index (χ2n) is 7.62. The van der Waals surface area contributed by atoms with E-state index in [0.29, 0.717) is 46.1 Å². The molecule has 0 aliphatic heterocycles. The van der Waals surface area contributed by atoms with Crippen molar-refractivity contribution in [1.82, 2.24) is 9.97 Å². The molecule has 1 aromatic heterocycles. The third-order valence-corrected chi connectivity index (χ3v) is 7.10. The lowest BCUT2D eigenvalue weighted by Gasteiger charge is -2.13. The molecule has 0 unspecified atom stereocenters. The van der Waals surface area contributed by atoms with Gasteiger partial charge < -0.3 is 14.8 Å². The van der Waals surface area contributed by atoms with Gasteiger partial charge in [-0.2, -0.15) is 0 Å². The van der Waals surface area contributed by atoms with Crippen molar-refractivity contribution in [2.75, 3.05) is 26.1 Å². The summed E-state index contributed by atoms with van der Waals surface area (Å²) >= 11 is 5.94. The highest BCUT2D eigenvalue weighted by atomic mass is 35.5. The van der Waals surface area contributed by atoms with Crippen LogP contribution in [-0.4, -0.2) is 39.2 Å². The number of nitrogens with zero attached hydrogens (tertiary/aromatic N) is 2. The van der Waals surface area contributed by atoms with Gasteiger partial charge in [-0.15, -0.1) is 0 Å². The number of halogens is 1. The minimum atomic E-state index is -3.78. The van der Waals surface area contributed by atoms with Gasteiger partial charge in [-0.05, 0) is 53.9 Å². The van der Waals surface area contributed by atoms with Crippen molar-refractivity contribution < 1.29 is 17.9 Å². The van der Waals surface area contributed by atoms with Crippen LogP contribution in [0.5, 0.6) is 11.5 Å². The summed E-state index contributed by atoms with van der Waals surface area (Å²) in [4.78, 5) is 9.03. The zero-order chi connectivity index (χ0) is 24.1. The monoisotopic (exact) mass is 497 g/mol. The minimum Gasteiger partial charge on any atom is -0.493 e. The van der Waals surface area contributed by atoms with Crippen molar-refractivity contribution >= 4 is 38.3 Å². The number of anilines is 1. The zero-order valence-electron chi connectivity index (χ0n) is 18.8. The van der Waals surface area contributed by atoms with Crippen molar-refractivity contribution in [3.63, 3.8) is 0 Å². The van der Waals surface area contributed by atoms with Crippen LogP contribution in [0.15, 0.2) is 71.8 Å². The van der Waals surface area contributed by atoms with Crippen LogP contribution in [0.3, 0.4) is 0 Å². The summed E-state index contributed by atoms with van der Waals surface area (Å²) < 4.78 is 37.3. The zero-order valence-corrected chi connectivity index (χ0v) is 20.4. The molecule has 0 bridgehead atoms. The number of benzene rings is 3. The van der Waals surface area contributed by atoms with E-state index in [1.165, 1.54) is 0 Å². The Bertz CT molecular complexity index is 1410. The van der Waals surface area contributed by atoms with Crippen LogP contribution in [0, 0.1) is 0 Å². The highest BCUT2D eigenvalue weighted by Gasteiger charge is 2.23. The molecule has 0 spiro atoms. The van der Waals surface area contributed by atoms with Gasteiger partial charge in [-0.3, -0.25) is 0 Å². The van der Waals surface area contributed by atoms with Gasteiger partial charge in [0.25, 0.3) is 0 Å². The van der Waals surface area contributed by atoms with Crippen LogP contribution in [0.4, 0.5) is 5.82 Å². The molecule has 0 saturated heterocycles. The van der Waals surface area contributed by atoms with E-state index in [1.54, 1.807) is 56.7 Å². The predicted octanol–water partition coefficient (Wildman–Crippen LogP) is 4.93. The Morgan fingerprint density at radius 3 is 2.18 bits per heavy atom. The van der Waals surface area contributed by atoms with E-state index in [2.05, 4.69) is 15.3 Å². The number of fused-ring (bicyclic) bond motifs is 1. The Labute approximate surface area is 203 Å². The van der Waals surface area contributed by atoms with E-state index < -0.39 is 9.84 Å². The third kappa shape index (κ3) is 5.40. The number of methoxy groups -OCH3 is 2. The smallest absolute Gasteiger partial charge is 0.203 e. The topological polar surface area (TPSA) is 90.4 Å². The van der Waals surface area contributed by atoms with Gasteiger partial charge in [0, 0.05) is 11.6 Å². The van der Waals surface area contributed by atoms with Crippen LogP contribution in [0.1, 0.15) is 11.1 Å². The fraction of sp³-hybridized carbons (Fsp3) is 0.200. The number of nitrogens with one attached hydrogen (secondary N) is 1. The highest BCUT2D eigenvalue weighted by Crippen LogP contribution is 2.28. The summed E-state index contributed by atoms with van der Waals surface area (Å²) in [6, 6.07) is 19.6. The molecule has 4 aromatic rings. The fourth-order valence-electron chi connectivity index (χ4n) is 3.55. The number of rotatable bonds is 9. The lowest BCUT2D eigenvalue weighted by atomic mass is 10.1. The lowest BCUT2D eigenvalue weighted by Crippen LogP contribution is -2.15. The molecule has 34 heavy (non-hydrogen) atoms. The number of aromatic nitrogens is 2. The van der Waals surface area contributed by atoms with Crippen LogP contribution >= 0.6 is 11.6 Å². The molecular formula is C25H24ClN3O4S. The van der Waals surface area contributed by atoms with Crippen molar-refractivity contribution in [3.8, 4) is 11.5 Å². The summed E-state index contributed by atoms with van der Waals surface area (Å²) in [7, 11) is -0.606. The number of hydrogen-bond donors (Lipinski definition) is 1. The van der Waals surface area contributed by atoms with E-state index in [9.17, 15) is 8.42 Å². The summed E-state index contributed by atoms with van der Waals surface area (Å²) in [6.45, 7) is 0.450. The summed E-state index contributed by atoms with van der Waals surface area (Å²) in [5.74, 6) is 1.31. The predicted molar refractivity (Wildman–Crippen MR) is 134 cm³/mol. The Balaban J connectivity index is 1.61. The largest absolute Gasteiger partial charge is 0.493 e. The van der Waals surface area contributed by atoms with E-state index in [1.807, 2.05) is 24.3 Å². The first-order valence-corrected chi connectivity index (χ1v) is 12.6. The third-order valence-electron chi connectivity index (χ3n) is 5.26. The normalized spacial score (nSPS) is 11.4. The molecule has 0 amide bonds. The molecule has 4 rings (SSSR count). The minimum absolute atomic E-state index is 0.0755. The Hall–Kier alpha value is -3.36. The van der Waals surface area contributed by atoms with Crippen molar-refractivity contribution in [2.24, 2.45) is 0 Å². The van der Waals surface area contributed by atoms with Crippen molar-refractivity contribution in [2.45, 2.75) is 17.2 Å². The van der Waals surface area contributed by atoms with Crippen molar-refractivity contribution in [3.05, 3.63) is 82.9 Å². The van der Waals surface area contributed by atoms with E-state index in [-0.39, 0.29) is 16.6 Å². The van der Waals surface area contributed by atoms with E-state index >= 15 is 0 Å². The molecule has 0 fully saturated rings. The highest BCUT2D eigenvalue weighted by molar-refractivity contribution is 7.90. The maximum atomic E-state index is 13.3. The molecule has 0 aliphatic rings. The van der Waals surface area contributed by atoms with Crippen LogP contribution in [0.25, 0.3) is 11.0 Å². The molecular weight excluding hydrogens is 474 g/mol. The molecule has 176 valence electrons. The molecule has 7 nitrogen and oxygen atoms in total. The Morgan fingerprint density at radius 1 is 0.853 bits per heavy atom. The standard InChI is InChI=1S/C25H24ClN3O4S/c1-32-22-12-9-17(15-23(22)33-2)13-14-27-24-25(29-21-6-4-3-5-20(21)28-24)34(30,31)16-18-7-10-19(26)11-8-18/h3-12,15H,13-14,16H2,1-2H3,(H,27,28). The van der Waals surface area contributed by atoms with Crippen LogP contribution < -0.4 is 14.8 Å². The first kappa shape index (κ1) is 23.8. The van der Waals surface area contributed by atoms with Gasteiger partial charge in [0.2, 0.25) is 9.84 Å². The molecule has 1 heterocycles. The quantitative estimate of drug-likeness (QED) is 0.350. The molecule has 3 aromatic carbocycles. The molecule has 0 saturated carbocycles. The second kappa shape index (κ2) is 10.3. The van der Waals surface area contributed by atoms with Gasteiger partial charge >= 0.3 is 0 Å². The SMILES string of the molecule is COc1ccc(CCNc2nc3ccccc3nc2S(=O)(=O)Cc2ccc(Cl)cc2)cc1OC. The summed E-state index contributed by atoms with van der Waals surface area (Å²) in [6.07, 6.45) is 0.617. The number of hydrogen-bond acceptors (Lipinski definition) is 7. The molecule has 1 N–H and O–H groups in total. The number of ether oxygens (including phenoxy) is 2. The Morgan fingerprint density at radius 2 is 1.50 bits per heavy atom. The van der Waals surface area contributed by atoms with Gasteiger partial charge in [-0.25, -0.2) is 18.4 Å². The molecule has 9 heteroatoms. The fourth-order valence-corrected chi connectivity index (χ4v) is 5.09. The lowest BCUT2D eigenvalue weighted by molar-refractivity contribution is 0.354. The van der Waals surface area contributed by atoms with Gasteiger partial charge in [0.15, 0.2) is 22.3 Å². The van der Waals surface area contributed by atoms with Crippen LogP contribution in [-0.2, 0) is 22.0 Å². The summed E-state index contributed by atoms with van der Waals surface area (Å²) in [5, 5.41) is 3.65. The van der Waals surface area contributed by atoms with Gasteiger partial charge in [0.1, 0.15) is 0 Å². The number of sulfone groups is 1. The second-order valence-corrected chi connectivity index (χ2v) is 9.96. The van der Waals surface area contributed by atoms with E-state index in [0.717, 1.165) is 5.56 Å². The van der Waals surface area contributed by atoms with Gasteiger partial charge in [-0.1, -0.05) is 41.9 Å². The average molecular weight is 498 g/mol. The number of para-hydroxylation sites is 2. The Kier molecular flexibility index (Phi) is 7.19. The average Bonchev–Trinajstić information content (AvgIpc) is 2.84. The maximum absolute atomic E-state index is 13.3. The molecule has 0 radical (unpaired) electrons. The molecule has 0 atom stereocenters. The summed E-state index contributed by atoms with van der Waals surface area (Å²) in [5.41, 5.74) is 2.75. The molecule has 0 aliphatic carbocycles. The maximum Gasteiger partial charge on any atom is 0.203 e. The van der Waals surface area contributed by atoms with Gasteiger partial charge in [0.05, 0.1) is 31.0 Å². The first-order valence-electron chi connectivity index (χ1n) is 10.6. The van der Waals surface area contributed by atoms with Crippen LogP contribution in [0.2, 0.25) is 5.02 Å². The van der Waals surface area contributed by atoms with E-state index in [4.69, 9.17) is 21.1 Å². The first-order chi connectivity index (χ1) is 16.4.